The van der Waals surface area contributed by atoms with Crippen molar-refractivity contribution in [1.82, 2.24) is 0 Å². The molecule has 0 aliphatic heterocycles. The minimum absolute atomic E-state index is 0. The summed E-state index contributed by atoms with van der Waals surface area (Å²) in [6.07, 6.45) is 5.10. The van der Waals surface area contributed by atoms with Gasteiger partial charge in [0.05, 0.1) is 0 Å². The van der Waals surface area contributed by atoms with Crippen LogP contribution in [0.15, 0.2) is 60.7 Å². The third-order valence-corrected chi connectivity index (χ3v) is 12.7. The van der Waals surface area contributed by atoms with Crippen LogP contribution in [0.2, 0.25) is 0 Å². The van der Waals surface area contributed by atoms with Crippen LogP contribution in [0.25, 0.3) is 12.2 Å². The fourth-order valence-electron chi connectivity index (χ4n) is 5.60. The van der Waals surface area contributed by atoms with Crippen LogP contribution in [0.5, 0.6) is 0 Å². The van der Waals surface area contributed by atoms with Crippen LogP contribution < -0.4 is 0 Å². The van der Waals surface area contributed by atoms with Crippen LogP contribution in [0.1, 0.15) is 33.4 Å². The Morgan fingerprint density at radius 2 is 0.674 bits per heavy atom. The number of halogens is 12. The van der Waals surface area contributed by atoms with E-state index >= 15 is 17.6 Å². The molecule has 0 aromatic heterocycles. The minimum atomic E-state index is -3.32. The van der Waals surface area contributed by atoms with Gasteiger partial charge in [-0.05, 0) is 0 Å². The molecule has 2 aliphatic carbocycles. The van der Waals surface area contributed by atoms with Gasteiger partial charge in [-0.15, -0.1) is 24.8 Å². The maximum atomic E-state index is 15.6. The molecule has 0 N–H and O–H groups in total. The molecule has 0 bridgehead atoms. The Balaban J connectivity index is 0.00000212. The van der Waals surface area contributed by atoms with Crippen LogP contribution in [0.4, 0.5) is 43.9 Å². The molecule has 13 heteroatoms. The third kappa shape index (κ3) is 4.53. The molecule has 0 spiro atoms. The molecule has 4 aromatic carbocycles. The van der Waals surface area contributed by atoms with Gasteiger partial charge in [-0.1, -0.05) is 0 Å². The van der Waals surface area contributed by atoms with Gasteiger partial charge in [-0.3, -0.25) is 0 Å². The standard InChI is InChI=1S/2C15H6F5.2ClH.Zr/c2*16-11-10(12(17)14(19)15(20)13(11)18)9-6-5-7-3-1-2-4-8(7)9;;;/h2*1-6H;2*1H;. The van der Waals surface area contributed by atoms with Gasteiger partial charge in [0.15, 0.2) is 0 Å². The summed E-state index contributed by atoms with van der Waals surface area (Å²) in [7, 11) is 0. The summed E-state index contributed by atoms with van der Waals surface area (Å²) in [5.41, 5.74) is -1.75. The van der Waals surface area contributed by atoms with E-state index in [1.807, 2.05) is 0 Å². The molecule has 0 saturated heterocycles. The van der Waals surface area contributed by atoms with Gasteiger partial charge in [-0.25, -0.2) is 0 Å². The Bertz CT molecular complexity index is 1670. The Morgan fingerprint density at radius 1 is 0.395 bits per heavy atom. The fraction of sp³-hybridized carbons (Fsp3) is 0.0667. The zero-order valence-electron chi connectivity index (χ0n) is 21.0. The molecule has 4 aromatic rings. The van der Waals surface area contributed by atoms with Gasteiger partial charge in [0.1, 0.15) is 0 Å². The number of allylic oxidation sites excluding steroid dienone is 2. The number of hydrogen-bond acceptors (Lipinski definition) is 0. The van der Waals surface area contributed by atoms with Crippen molar-refractivity contribution in [3.05, 3.63) is 152 Å². The first-order valence-corrected chi connectivity index (χ1v) is 14.3. The molecule has 2 aliphatic rings. The van der Waals surface area contributed by atoms with Crippen molar-refractivity contribution in [1.29, 1.82) is 0 Å². The summed E-state index contributed by atoms with van der Waals surface area (Å²) in [4.78, 5) is 0. The van der Waals surface area contributed by atoms with E-state index in [2.05, 4.69) is 0 Å². The molecule has 0 radical (unpaired) electrons. The van der Waals surface area contributed by atoms with E-state index in [0.29, 0.717) is 11.1 Å². The van der Waals surface area contributed by atoms with Crippen molar-refractivity contribution in [3.8, 4) is 0 Å². The molecule has 0 heterocycles. The van der Waals surface area contributed by atoms with Gasteiger partial charge in [0.2, 0.25) is 0 Å². The van der Waals surface area contributed by atoms with Gasteiger partial charge >= 0.3 is 238 Å². The first-order chi connectivity index (χ1) is 19.5. The van der Waals surface area contributed by atoms with E-state index in [4.69, 9.17) is 0 Å². The number of rotatable bonds is 4. The van der Waals surface area contributed by atoms with Crippen molar-refractivity contribution in [2.75, 3.05) is 0 Å². The summed E-state index contributed by atoms with van der Waals surface area (Å²) in [6, 6.07) is 11.7. The summed E-state index contributed by atoms with van der Waals surface area (Å²) in [6.45, 7) is 0. The average Bonchev–Trinajstić information content (AvgIpc) is 3.53. The van der Waals surface area contributed by atoms with E-state index in [0.717, 1.165) is 0 Å². The third-order valence-electron chi connectivity index (χ3n) is 7.40. The first-order valence-electron chi connectivity index (χ1n) is 11.9. The molecule has 2 unspecified atom stereocenters. The molecular weight excluding hydrogens is 712 g/mol. The van der Waals surface area contributed by atoms with Crippen LogP contribution in [-0.4, -0.2) is 0 Å². The van der Waals surface area contributed by atoms with Gasteiger partial charge in [-0.2, -0.15) is 0 Å². The monoisotopic (exact) mass is 724 g/mol. The van der Waals surface area contributed by atoms with Gasteiger partial charge in [0, 0.05) is 0 Å². The Morgan fingerprint density at radius 3 is 1.00 bits per heavy atom. The normalized spacial score (nSPS) is 19.5. The second kappa shape index (κ2) is 11.6. The van der Waals surface area contributed by atoms with Gasteiger partial charge < -0.3 is 0 Å². The number of fused-ring (bicyclic) bond motifs is 2. The van der Waals surface area contributed by atoms with Crippen molar-refractivity contribution >= 4 is 37.0 Å². The molecule has 6 rings (SSSR count). The summed E-state index contributed by atoms with van der Waals surface area (Å²) >= 11 is -3.32. The topological polar surface area (TPSA) is 0 Å². The average molecular weight is 727 g/mol. The van der Waals surface area contributed by atoms with Crippen LogP contribution in [0, 0.1) is 58.2 Å². The molecule has 2 atom stereocenters. The van der Waals surface area contributed by atoms with Crippen molar-refractivity contribution in [3.63, 3.8) is 0 Å². The maximum absolute atomic E-state index is 15.6. The van der Waals surface area contributed by atoms with Crippen LogP contribution in [0.3, 0.4) is 0 Å². The molecule has 43 heavy (non-hydrogen) atoms. The van der Waals surface area contributed by atoms with E-state index in [1.54, 1.807) is 12.1 Å². The number of hydrogen-bond donors (Lipinski definition) is 0. The predicted octanol–water partition coefficient (Wildman–Crippen LogP) is 9.24. The summed E-state index contributed by atoms with van der Waals surface area (Å²) in [5.74, 6) is -22.4. The van der Waals surface area contributed by atoms with E-state index < -0.39 is 98.8 Å². The summed E-state index contributed by atoms with van der Waals surface area (Å²) < 4.78 is 145. The van der Waals surface area contributed by atoms with E-state index in [-0.39, 0.29) is 35.9 Å². The van der Waals surface area contributed by atoms with Crippen molar-refractivity contribution in [2.45, 2.75) is 6.25 Å². The van der Waals surface area contributed by atoms with Crippen molar-refractivity contribution < 1.29 is 67.1 Å². The summed E-state index contributed by atoms with van der Waals surface area (Å²) in [5, 5.41) is 0. The molecule has 0 saturated carbocycles. The Labute approximate surface area is 261 Å². The quantitative estimate of drug-likeness (QED) is 0.112. The molecular formula is C30H14Cl2F10Zr. The fourth-order valence-corrected chi connectivity index (χ4v) is 11.4. The van der Waals surface area contributed by atoms with Crippen molar-refractivity contribution in [2.24, 2.45) is 0 Å². The van der Waals surface area contributed by atoms with Gasteiger partial charge in [0.25, 0.3) is 0 Å². The zero-order valence-corrected chi connectivity index (χ0v) is 25.1. The van der Waals surface area contributed by atoms with Crippen LogP contribution in [-0.2, 0) is 29.5 Å². The molecule has 0 amide bonds. The molecule has 0 nitrogen and oxygen atoms in total. The SMILES string of the molecule is Cl.Cl.Fc1c(F)c(F)c([C]2([Zr][C]3(c4c(F)c(F)c(F)c(F)c4F)C=Cc4ccccc43)C=Cc3ccccc32)c(F)c1F. The molecule has 222 valence electrons. The Hall–Kier alpha value is -2.88. The zero-order chi connectivity index (χ0) is 29.4. The molecule has 0 fully saturated rings. The van der Waals surface area contributed by atoms with Crippen LogP contribution >= 0.6 is 24.8 Å². The van der Waals surface area contributed by atoms with E-state index in [9.17, 15) is 26.3 Å². The predicted molar refractivity (Wildman–Crippen MR) is 139 cm³/mol. The Kier molecular flexibility index (Phi) is 8.88. The van der Waals surface area contributed by atoms with E-state index in [1.165, 1.54) is 60.7 Å². The first kappa shape index (κ1) is 33.0. The number of benzene rings is 4. The second-order valence-corrected chi connectivity index (χ2v) is 14.0. The second-order valence-electron chi connectivity index (χ2n) is 9.47.